The quantitative estimate of drug-likeness (QED) is 0.770. The molecule has 27 heavy (non-hydrogen) atoms. The van der Waals surface area contributed by atoms with Gasteiger partial charge in [-0.2, -0.15) is 0 Å². The Labute approximate surface area is 158 Å². The van der Waals surface area contributed by atoms with Gasteiger partial charge in [-0.05, 0) is 49.4 Å². The predicted molar refractivity (Wildman–Crippen MR) is 105 cm³/mol. The zero-order chi connectivity index (χ0) is 18.8. The van der Waals surface area contributed by atoms with Gasteiger partial charge in [0.05, 0.1) is 18.4 Å². The van der Waals surface area contributed by atoms with Gasteiger partial charge in [-0.25, -0.2) is 9.67 Å². The lowest BCUT2D eigenvalue weighted by atomic mass is 9.99. The van der Waals surface area contributed by atoms with Gasteiger partial charge in [-0.15, -0.1) is 5.10 Å². The van der Waals surface area contributed by atoms with Gasteiger partial charge >= 0.3 is 0 Å². The van der Waals surface area contributed by atoms with Crippen LogP contribution in [-0.2, 0) is 11.8 Å². The number of piperidine rings is 1. The summed E-state index contributed by atoms with van der Waals surface area (Å²) in [5.74, 6) is 1.33. The van der Waals surface area contributed by atoms with Crippen LogP contribution < -0.4 is 5.32 Å². The molecule has 0 atom stereocenters. The highest BCUT2D eigenvalue weighted by atomic mass is 16.2. The van der Waals surface area contributed by atoms with Crippen molar-refractivity contribution in [3.63, 3.8) is 0 Å². The average molecular weight is 364 g/mol. The number of hydrogen-bond donors (Lipinski definition) is 1. The summed E-state index contributed by atoms with van der Waals surface area (Å²) < 4.78 is 1.74. The third-order valence-electron chi connectivity index (χ3n) is 5.24. The average Bonchev–Trinajstić information content (AvgIpc) is 3.09. The van der Waals surface area contributed by atoms with Gasteiger partial charge in [-0.3, -0.25) is 9.69 Å². The van der Waals surface area contributed by atoms with Gasteiger partial charge in [0.2, 0.25) is 5.91 Å². The molecule has 1 aromatic carbocycles. The van der Waals surface area contributed by atoms with Crippen LogP contribution in [0.25, 0.3) is 22.0 Å². The van der Waals surface area contributed by atoms with Crippen LogP contribution in [0.15, 0.2) is 36.7 Å². The molecule has 0 unspecified atom stereocenters. The maximum Gasteiger partial charge on any atom is 0.239 e. The van der Waals surface area contributed by atoms with Gasteiger partial charge < -0.3 is 5.32 Å². The number of pyridine rings is 1. The number of nitrogens with one attached hydrogen (secondary N) is 1. The van der Waals surface area contributed by atoms with Crippen LogP contribution in [-0.4, -0.2) is 50.4 Å². The Bertz CT molecular complexity index is 958. The Kier molecular flexibility index (Phi) is 4.85. The molecule has 3 heterocycles. The number of benzene rings is 1. The maximum absolute atomic E-state index is 12.4. The lowest BCUT2D eigenvalue weighted by Gasteiger charge is -2.29. The molecule has 1 saturated heterocycles. The van der Waals surface area contributed by atoms with E-state index in [1.807, 2.05) is 25.2 Å². The Morgan fingerprint density at radius 3 is 2.74 bits per heavy atom. The molecule has 0 radical (unpaired) electrons. The van der Waals surface area contributed by atoms with E-state index in [1.165, 1.54) is 0 Å². The van der Waals surface area contributed by atoms with E-state index in [4.69, 9.17) is 0 Å². The number of rotatable bonds is 4. The normalized spacial score (nSPS) is 15.9. The third-order valence-corrected chi connectivity index (χ3v) is 5.24. The molecule has 4 rings (SSSR count). The van der Waals surface area contributed by atoms with Crippen molar-refractivity contribution in [3.05, 3.63) is 36.7 Å². The second kappa shape index (κ2) is 7.44. The van der Waals surface area contributed by atoms with Gasteiger partial charge in [0, 0.05) is 24.2 Å². The number of aryl methyl sites for hydroxylation is 1. The summed E-state index contributed by atoms with van der Waals surface area (Å²) in [7, 11) is 1.87. The molecule has 7 heteroatoms. The van der Waals surface area contributed by atoms with Crippen molar-refractivity contribution in [2.75, 3.05) is 25.0 Å². The van der Waals surface area contributed by atoms with Crippen LogP contribution in [0.5, 0.6) is 0 Å². The smallest absolute Gasteiger partial charge is 0.239 e. The molecule has 0 bridgehead atoms. The summed E-state index contributed by atoms with van der Waals surface area (Å²) in [4.78, 5) is 19.0. The fourth-order valence-corrected chi connectivity index (χ4v) is 3.53. The zero-order valence-electron chi connectivity index (χ0n) is 15.7. The first kappa shape index (κ1) is 17.6. The zero-order valence-corrected chi connectivity index (χ0v) is 15.7. The number of anilines is 1. The molecule has 140 valence electrons. The highest BCUT2D eigenvalue weighted by molar-refractivity contribution is 5.94. The van der Waals surface area contributed by atoms with E-state index in [-0.39, 0.29) is 5.91 Å². The number of fused-ring (bicyclic) bond motifs is 1. The second-order valence-electron chi connectivity index (χ2n) is 7.38. The fourth-order valence-electron chi connectivity index (χ4n) is 3.53. The molecule has 1 N–H and O–H groups in total. The van der Waals surface area contributed by atoms with E-state index in [2.05, 4.69) is 38.5 Å². The van der Waals surface area contributed by atoms with Crippen LogP contribution >= 0.6 is 0 Å². The molecule has 1 aliphatic heterocycles. The molecular formula is C20H24N6O. The summed E-state index contributed by atoms with van der Waals surface area (Å²) in [6.45, 7) is 4.67. The first-order valence-electron chi connectivity index (χ1n) is 9.35. The highest BCUT2D eigenvalue weighted by Crippen LogP contribution is 2.24. The minimum atomic E-state index is -0.0107. The van der Waals surface area contributed by atoms with Crippen LogP contribution in [0.3, 0.4) is 0 Å². The Balaban J connectivity index is 1.49. The molecule has 0 aliphatic carbocycles. The summed E-state index contributed by atoms with van der Waals surface area (Å²) in [6, 6.07) is 8.03. The maximum atomic E-state index is 12.4. The monoisotopic (exact) mass is 364 g/mol. The van der Waals surface area contributed by atoms with Gasteiger partial charge in [0.1, 0.15) is 5.82 Å². The Morgan fingerprint density at radius 1 is 1.19 bits per heavy atom. The van der Waals surface area contributed by atoms with E-state index in [0.29, 0.717) is 12.4 Å². The van der Waals surface area contributed by atoms with Crippen molar-refractivity contribution in [3.8, 4) is 11.3 Å². The Morgan fingerprint density at radius 2 is 2.00 bits per heavy atom. The molecule has 2 aromatic heterocycles. The van der Waals surface area contributed by atoms with Crippen molar-refractivity contribution in [2.24, 2.45) is 13.0 Å². The van der Waals surface area contributed by atoms with Gasteiger partial charge in [-0.1, -0.05) is 24.3 Å². The van der Waals surface area contributed by atoms with Crippen LogP contribution in [0.4, 0.5) is 5.82 Å². The summed E-state index contributed by atoms with van der Waals surface area (Å²) >= 11 is 0. The summed E-state index contributed by atoms with van der Waals surface area (Å²) in [5.41, 5.74) is 1.97. The third kappa shape index (κ3) is 3.98. The van der Waals surface area contributed by atoms with Crippen molar-refractivity contribution in [1.29, 1.82) is 0 Å². The van der Waals surface area contributed by atoms with Crippen LogP contribution in [0.2, 0.25) is 0 Å². The minimum absolute atomic E-state index is 0.0107. The van der Waals surface area contributed by atoms with Gasteiger partial charge in [0.25, 0.3) is 0 Å². The number of hydrogen-bond acceptors (Lipinski definition) is 5. The topological polar surface area (TPSA) is 75.9 Å². The molecule has 1 amide bonds. The number of carbonyl (C=O) groups is 1. The van der Waals surface area contributed by atoms with Crippen LogP contribution in [0.1, 0.15) is 19.8 Å². The van der Waals surface area contributed by atoms with Crippen molar-refractivity contribution in [2.45, 2.75) is 19.8 Å². The Hall–Kier alpha value is -2.80. The van der Waals surface area contributed by atoms with Crippen molar-refractivity contribution >= 4 is 22.5 Å². The highest BCUT2D eigenvalue weighted by Gasteiger charge is 2.18. The molecule has 1 fully saturated rings. The molecule has 0 spiro atoms. The number of likely N-dealkylation sites (tertiary alicyclic amines) is 1. The number of aromatic nitrogens is 4. The van der Waals surface area contributed by atoms with E-state index >= 15 is 0 Å². The van der Waals surface area contributed by atoms with E-state index in [9.17, 15) is 4.79 Å². The first-order valence-corrected chi connectivity index (χ1v) is 9.35. The summed E-state index contributed by atoms with van der Waals surface area (Å²) in [6.07, 6.45) is 5.85. The minimum Gasteiger partial charge on any atom is -0.310 e. The van der Waals surface area contributed by atoms with E-state index < -0.39 is 0 Å². The largest absolute Gasteiger partial charge is 0.310 e. The van der Waals surface area contributed by atoms with Crippen LogP contribution in [0, 0.1) is 5.92 Å². The standard InChI is InChI=1S/C20H24N6O/c1-14-5-7-26(8-6-14)13-20(27)23-19-10-17-9-15(3-4-16(17)11-21-19)18-12-22-24-25(18)2/h3-4,9-12,14H,5-8,13H2,1-2H3,(H,21,23,27). The molecule has 7 nitrogen and oxygen atoms in total. The number of nitrogens with zero attached hydrogens (tertiary/aromatic N) is 5. The fraction of sp³-hybridized carbons (Fsp3) is 0.400. The molecule has 0 saturated carbocycles. The molecule has 1 aliphatic rings. The van der Waals surface area contributed by atoms with E-state index in [0.717, 1.165) is 53.9 Å². The second-order valence-corrected chi connectivity index (χ2v) is 7.38. The van der Waals surface area contributed by atoms with Gasteiger partial charge in [0.15, 0.2) is 0 Å². The predicted octanol–water partition coefficient (Wildman–Crippen LogP) is 2.70. The lowest BCUT2D eigenvalue weighted by Crippen LogP contribution is -2.38. The molecular weight excluding hydrogens is 340 g/mol. The first-order chi connectivity index (χ1) is 13.1. The lowest BCUT2D eigenvalue weighted by molar-refractivity contribution is -0.117. The number of carbonyl (C=O) groups excluding carboxylic acids is 1. The van der Waals surface area contributed by atoms with Crippen molar-refractivity contribution in [1.82, 2.24) is 24.9 Å². The van der Waals surface area contributed by atoms with E-state index in [1.54, 1.807) is 17.1 Å². The SMILES string of the molecule is CC1CCN(CC(=O)Nc2cc3cc(-c4cnnn4C)ccc3cn2)CC1. The number of amides is 1. The van der Waals surface area contributed by atoms with Crippen molar-refractivity contribution < 1.29 is 4.79 Å². The molecule has 3 aromatic rings. The summed E-state index contributed by atoms with van der Waals surface area (Å²) in [5, 5.41) is 12.9.